The fourth-order valence-corrected chi connectivity index (χ4v) is 6.10. The number of thiophene rings is 1. The molecule has 31 heavy (non-hydrogen) atoms. The Labute approximate surface area is 185 Å². The number of hydrogen-bond acceptors (Lipinski definition) is 8. The summed E-state index contributed by atoms with van der Waals surface area (Å²) >= 11 is 3.06. The number of carbonyl (C=O) groups excluding carboxylic acids is 1. The van der Waals surface area contributed by atoms with Gasteiger partial charge in [0.05, 0.1) is 23.3 Å². The van der Waals surface area contributed by atoms with Crippen LogP contribution in [0.25, 0.3) is 21.6 Å². The zero-order valence-electron chi connectivity index (χ0n) is 16.9. The normalized spacial score (nSPS) is 15.7. The molecule has 1 aliphatic rings. The molecule has 0 bridgehead atoms. The fourth-order valence-electron chi connectivity index (χ4n) is 3.99. The van der Waals surface area contributed by atoms with Crippen molar-refractivity contribution in [1.82, 2.24) is 29.2 Å². The lowest BCUT2D eigenvalue weighted by Crippen LogP contribution is -2.31. The predicted molar refractivity (Wildman–Crippen MR) is 119 cm³/mol. The summed E-state index contributed by atoms with van der Waals surface area (Å²) in [6.07, 6.45) is 2.34. The highest BCUT2D eigenvalue weighted by atomic mass is 32.2. The highest BCUT2D eigenvalue weighted by Gasteiger charge is 2.32. The molecule has 156 valence electrons. The van der Waals surface area contributed by atoms with Gasteiger partial charge in [-0.1, -0.05) is 42.1 Å². The molecule has 0 fully saturated rings. The van der Waals surface area contributed by atoms with Crippen molar-refractivity contribution in [3.63, 3.8) is 0 Å². The number of ether oxygens (including phenoxy) is 1. The van der Waals surface area contributed by atoms with Crippen LogP contribution in [0, 0.1) is 0 Å². The molecular weight excluding hydrogens is 432 g/mol. The Morgan fingerprint density at radius 3 is 2.94 bits per heavy atom. The molecule has 5 aromatic rings. The lowest BCUT2D eigenvalue weighted by molar-refractivity contribution is -0.0379. The van der Waals surface area contributed by atoms with Crippen molar-refractivity contribution in [2.45, 2.75) is 37.6 Å². The number of carbonyl (C=O) groups is 1. The van der Waals surface area contributed by atoms with E-state index in [-0.39, 0.29) is 17.1 Å². The molecule has 8 nitrogen and oxygen atoms in total. The monoisotopic (exact) mass is 450 g/mol. The molecule has 0 unspecified atom stereocenters. The van der Waals surface area contributed by atoms with E-state index in [9.17, 15) is 4.79 Å². The van der Waals surface area contributed by atoms with Crippen LogP contribution in [0.2, 0.25) is 0 Å². The van der Waals surface area contributed by atoms with Crippen molar-refractivity contribution < 1.29 is 9.53 Å². The third-order valence-corrected chi connectivity index (χ3v) is 7.60. The molecule has 1 aliphatic heterocycles. The maximum atomic E-state index is 12.6. The van der Waals surface area contributed by atoms with Gasteiger partial charge >= 0.3 is 0 Å². The Balaban J connectivity index is 1.50. The Bertz CT molecular complexity index is 1470. The number of rotatable bonds is 4. The lowest BCUT2D eigenvalue weighted by Gasteiger charge is -2.30. The van der Waals surface area contributed by atoms with E-state index in [0.29, 0.717) is 23.1 Å². The van der Waals surface area contributed by atoms with Gasteiger partial charge in [0.2, 0.25) is 0 Å². The first kappa shape index (κ1) is 18.9. The summed E-state index contributed by atoms with van der Waals surface area (Å²) in [6.45, 7) is 4.78. The summed E-state index contributed by atoms with van der Waals surface area (Å²) in [5, 5.41) is 14.9. The van der Waals surface area contributed by atoms with Crippen molar-refractivity contribution in [2.24, 2.45) is 0 Å². The van der Waals surface area contributed by atoms with Crippen LogP contribution in [0.5, 0.6) is 0 Å². The van der Waals surface area contributed by atoms with E-state index in [1.165, 1.54) is 22.2 Å². The average Bonchev–Trinajstić information content (AvgIpc) is 3.47. The van der Waals surface area contributed by atoms with E-state index in [0.717, 1.165) is 22.3 Å². The van der Waals surface area contributed by atoms with Crippen LogP contribution in [-0.4, -0.2) is 46.3 Å². The minimum absolute atomic E-state index is 0.0565. The van der Waals surface area contributed by atoms with Crippen LogP contribution in [0.1, 0.15) is 34.6 Å². The summed E-state index contributed by atoms with van der Waals surface area (Å²) in [5.41, 5.74) is 2.49. The molecule has 0 saturated carbocycles. The Morgan fingerprint density at radius 2 is 2.10 bits per heavy atom. The number of aromatic nitrogens is 6. The topological polar surface area (TPSA) is 86.7 Å². The van der Waals surface area contributed by atoms with E-state index >= 15 is 0 Å². The fraction of sp³-hybridized carbons (Fsp3) is 0.286. The number of fused-ring (bicyclic) bond motifs is 8. The summed E-state index contributed by atoms with van der Waals surface area (Å²) in [5.74, 6) is 0.928. The number of thioether (sulfide) groups is 1. The Kier molecular flexibility index (Phi) is 4.17. The average molecular weight is 451 g/mol. The van der Waals surface area contributed by atoms with Gasteiger partial charge in [0.1, 0.15) is 11.2 Å². The SMILES string of the molecule is CC1(C)Cc2c(sc3c2c2ncnn2c2nnc(SCC(=O)c4ccccc4)n32)CO1. The van der Waals surface area contributed by atoms with E-state index in [4.69, 9.17) is 4.74 Å². The van der Waals surface area contributed by atoms with Crippen LogP contribution in [0.4, 0.5) is 0 Å². The second-order valence-electron chi connectivity index (χ2n) is 8.10. The molecule has 5 heterocycles. The molecule has 0 amide bonds. The highest BCUT2D eigenvalue weighted by Crippen LogP contribution is 2.41. The molecular formula is C21H18N6O2S2. The van der Waals surface area contributed by atoms with Crippen LogP contribution >= 0.6 is 23.1 Å². The summed E-state index contributed by atoms with van der Waals surface area (Å²) in [4.78, 5) is 19.4. The van der Waals surface area contributed by atoms with Crippen molar-refractivity contribution >= 4 is 50.5 Å². The zero-order valence-corrected chi connectivity index (χ0v) is 18.5. The molecule has 0 radical (unpaired) electrons. The molecule has 4 aromatic heterocycles. The molecule has 6 rings (SSSR count). The summed E-state index contributed by atoms with van der Waals surface area (Å²) in [7, 11) is 0. The predicted octanol–water partition coefficient (Wildman–Crippen LogP) is 3.81. The van der Waals surface area contributed by atoms with Gasteiger partial charge in [0.15, 0.2) is 16.6 Å². The van der Waals surface area contributed by atoms with Gasteiger partial charge in [0.25, 0.3) is 5.78 Å². The van der Waals surface area contributed by atoms with E-state index < -0.39 is 0 Å². The molecule has 0 saturated heterocycles. The number of benzene rings is 1. The van der Waals surface area contributed by atoms with Crippen LogP contribution in [0.15, 0.2) is 41.8 Å². The molecule has 0 aliphatic carbocycles. The lowest BCUT2D eigenvalue weighted by atomic mass is 9.94. The Hall–Kier alpha value is -2.82. The first-order chi connectivity index (χ1) is 15.0. The van der Waals surface area contributed by atoms with E-state index in [1.807, 2.05) is 34.7 Å². The first-order valence-corrected chi connectivity index (χ1v) is 11.7. The number of nitrogens with zero attached hydrogens (tertiary/aromatic N) is 6. The number of hydrogen-bond donors (Lipinski definition) is 0. The van der Waals surface area contributed by atoms with Crippen LogP contribution in [-0.2, 0) is 17.8 Å². The highest BCUT2D eigenvalue weighted by molar-refractivity contribution is 7.99. The number of Topliss-reactive ketones (excluding diaryl/α,β-unsaturated/α-hetero) is 1. The second kappa shape index (κ2) is 6.84. The third-order valence-electron chi connectivity index (χ3n) is 5.48. The van der Waals surface area contributed by atoms with Crippen molar-refractivity contribution in [1.29, 1.82) is 0 Å². The minimum Gasteiger partial charge on any atom is -0.370 e. The molecule has 0 atom stereocenters. The van der Waals surface area contributed by atoms with E-state index in [1.54, 1.807) is 22.2 Å². The second-order valence-corrected chi connectivity index (χ2v) is 10.1. The van der Waals surface area contributed by atoms with Crippen LogP contribution in [0.3, 0.4) is 0 Å². The smallest absolute Gasteiger partial charge is 0.260 e. The van der Waals surface area contributed by atoms with Gasteiger partial charge in [0, 0.05) is 16.9 Å². The summed E-state index contributed by atoms with van der Waals surface area (Å²) < 4.78 is 9.77. The van der Waals surface area contributed by atoms with Gasteiger partial charge in [-0.05, 0) is 19.4 Å². The largest absolute Gasteiger partial charge is 0.370 e. The van der Waals surface area contributed by atoms with Crippen molar-refractivity contribution in [2.75, 3.05) is 5.75 Å². The molecule has 1 aromatic carbocycles. The van der Waals surface area contributed by atoms with E-state index in [2.05, 4.69) is 34.1 Å². The Morgan fingerprint density at radius 1 is 1.26 bits per heavy atom. The van der Waals surface area contributed by atoms with Gasteiger partial charge in [-0.3, -0.25) is 4.79 Å². The molecule has 10 heteroatoms. The standard InChI is InChI=1S/C21H18N6O2S2/c1-21(2)8-13-15(9-29-21)31-18-16(13)17-22-11-23-27(17)19-24-25-20(26(18)19)30-10-14(28)12-6-4-3-5-7-12/h3-7,11H,8-10H2,1-2H3. The van der Waals surface area contributed by atoms with Gasteiger partial charge in [-0.25, -0.2) is 9.38 Å². The van der Waals surface area contributed by atoms with Gasteiger partial charge < -0.3 is 4.74 Å². The van der Waals surface area contributed by atoms with Crippen molar-refractivity contribution in [3.05, 3.63) is 52.7 Å². The molecule has 0 spiro atoms. The number of ketones is 1. The third kappa shape index (κ3) is 2.97. The minimum atomic E-state index is -0.236. The maximum Gasteiger partial charge on any atom is 0.260 e. The molecule has 0 N–H and O–H groups in total. The quantitative estimate of drug-likeness (QED) is 0.304. The van der Waals surface area contributed by atoms with Crippen LogP contribution < -0.4 is 0 Å². The van der Waals surface area contributed by atoms with Gasteiger partial charge in [-0.2, -0.15) is 9.61 Å². The maximum absolute atomic E-state index is 12.6. The van der Waals surface area contributed by atoms with Crippen molar-refractivity contribution in [3.8, 4) is 0 Å². The first-order valence-electron chi connectivity index (χ1n) is 9.88. The van der Waals surface area contributed by atoms with Gasteiger partial charge in [-0.15, -0.1) is 21.5 Å². The summed E-state index contributed by atoms with van der Waals surface area (Å²) in [6, 6.07) is 9.30. The zero-order chi connectivity index (χ0) is 21.2.